The van der Waals surface area contributed by atoms with Crippen LogP contribution in [-0.4, -0.2) is 23.0 Å². The number of hydrogen-bond acceptors (Lipinski definition) is 2. The molecule has 4 nitrogen and oxygen atoms in total. The van der Waals surface area contributed by atoms with Gasteiger partial charge in [0.2, 0.25) is 5.91 Å². The molecule has 1 aliphatic carbocycles. The Balaban J connectivity index is 2.69. The minimum atomic E-state index is -0.808. The van der Waals surface area contributed by atoms with Crippen molar-refractivity contribution in [2.45, 2.75) is 53.0 Å². The summed E-state index contributed by atoms with van der Waals surface area (Å²) >= 11 is 0. The predicted molar refractivity (Wildman–Crippen MR) is 65.5 cm³/mol. The Morgan fingerprint density at radius 1 is 1.35 bits per heavy atom. The summed E-state index contributed by atoms with van der Waals surface area (Å²) in [4.78, 5) is 23.2. The van der Waals surface area contributed by atoms with Gasteiger partial charge in [-0.25, -0.2) is 0 Å². The topological polar surface area (TPSA) is 66.4 Å². The molecule has 1 amide bonds. The van der Waals surface area contributed by atoms with E-state index in [1.54, 1.807) is 6.92 Å². The summed E-state index contributed by atoms with van der Waals surface area (Å²) in [6.45, 7) is 7.60. The molecule has 0 heterocycles. The zero-order valence-electron chi connectivity index (χ0n) is 11.1. The lowest BCUT2D eigenvalue weighted by molar-refractivity contribution is -0.149. The van der Waals surface area contributed by atoms with Crippen LogP contribution < -0.4 is 5.32 Å². The zero-order chi connectivity index (χ0) is 13.2. The van der Waals surface area contributed by atoms with Gasteiger partial charge in [0.1, 0.15) is 0 Å². The maximum Gasteiger partial charge on any atom is 0.311 e. The standard InChI is InChI=1S/C13H23NO3/c1-8(2)9(3)11(15)14-10-6-5-7-13(10,4)12(16)17/h8-10H,5-7H2,1-4H3,(H,14,15)(H,16,17). The van der Waals surface area contributed by atoms with E-state index < -0.39 is 11.4 Å². The first-order valence-electron chi connectivity index (χ1n) is 6.33. The summed E-state index contributed by atoms with van der Waals surface area (Å²) in [5.41, 5.74) is -0.799. The molecule has 1 fully saturated rings. The van der Waals surface area contributed by atoms with Crippen molar-refractivity contribution in [1.29, 1.82) is 0 Å². The summed E-state index contributed by atoms with van der Waals surface area (Å²) in [5, 5.41) is 12.2. The van der Waals surface area contributed by atoms with E-state index in [2.05, 4.69) is 5.32 Å². The lowest BCUT2D eigenvalue weighted by Crippen LogP contribution is -2.48. The fraction of sp³-hybridized carbons (Fsp3) is 0.846. The van der Waals surface area contributed by atoms with Crippen molar-refractivity contribution >= 4 is 11.9 Å². The molecule has 1 saturated carbocycles. The number of carbonyl (C=O) groups is 2. The summed E-state index contributed by atoms with van der Waals surface area (Å²) in [6.07, 6.45) is 2.27. The van der Waals surface area contributed by atoms with Crippen LogP contribution in [0.4, 0.5) is 0 Å². The van der Waals surface area contributed by atoms with Crippen LogP contribution in [-0.2, 0) is 9.59 Å². The van der Waals surface area contributed by atoms with E-state index in [0.717, 1.165) is 12.8 Å². The molecule has 98 valence electrons. The van der Waals surface area contributed by atoms with E-state index in [0.29, 0.717) is 6.42 Å². The molecule has 0 aromatic heterocycles. The highest BCUT2D eigenvalue weighted by Gasteiger charge is 2.46. The van der Waals surface area contributed by atoms with Crippen molar-refractivity contribution in [3.8, 4) is 0 Å². The van der Waals surface area contributed by atoms with Gasteiger partial charge in [-0.15, -0.1) is 0 Å². The Kier molecular flexibility index (Phi) is 4.17. The van der Waals surface area contributed by atoms with Crippen molar-refractivity contribution in [1.82, 2.24) is 5.32 Å². The van der Waals surface area contributed by atoms with E-state index in [1.165, 1.54) is 0 Å². The maximum atomic E-state index is 11.9. The first-order chi connectivity index (χ1) is 7.79. The highest BCUT2D eigenvalue weighted by atomic mass is 16.4. The molecule has 3 atom stereocenters. The monoisotopic (exact) mass is 241 g/mol. The summed E-state index contributed by atoms with van der Waals surface area (Å²) in [7, 11) is 0. The summed E-state index contributed by atoms with van der Waals surface area (Å²) in [6, 6.07) is -0.228. The second kappa shape index (κ2) is 5.07. The Labute approximate surface area is 103 Å². The van der Waals surface area contributed by atoms with Gasteiger partial charge in [-0.1, -0.05) is 27.2 Å². The van der Waals surface area contributed by atoms with Gasteiger partial charge >= 0.3 is 5.97 Å². The molecule has 0 aliphatic heterocycles. The molecule has 17 heavy (non-hydrogen) atoms. The third-order valence-electron chi connectivity index (χ3n) is 4.18. The highest BCUT2D eigenvalue weighted by Crippen LogP contribution is 2.38. The number of rotatable bonds is 4. The number of carbonyl (C=O) groups excluding carboxylic acids is 1. The van der Waals surface area contributed by atoms with Crippen LogP contribution in [0.5, 0.6) is 0 Å². The fourth-order valence-corrected chi connectivity index (χ4v) is 2.26. The van der Waals surface area contributed by atoms with Crippen LogP contribution >= 0.6 is 0 Å². The van der Waals surface area contributed by atoms with E-state index >= 15 is 0 Å². The van der Waals surface area contributed by atoms with E-state index in [4.69, 9.17) is 0 Å². The van der Waals surface area contributed by atoms with Gasteiger partial charge in [-0.2, -0.15) is 0 Å². The number of carboxylic acid groups (broad SMARTS) is 1. The second-order valence-corrected chi connectivity index (χ2v) is 5.71. The molecule has 0 spiro atoms. The molecule has 0 saturated heterocycles. The smallest absolute Gasteiger partial charge is 0.311 e. The first-order valence-corrected chi connectivity index (χ1v) is 6.33. The number of amides is 1. The molecule has 0 bridgehead atoms. The predicted octanol–water partition coefficient (Wildman–Crippen LogP) is 2.04. The Morgan fingerprint density at radius 3 is 2.41 bits per heavy atom. The van der Waals surface area contributed by atoms with Crippen molar-refractivity contribution in [2.24, 2.45) is 17.3 Å². The molecule has 0 aromatic rings. The van der Waals surface area contributed by atoms with Crippen LogP contribution in [0.25, 0.3) is 0 Å². The minimum Gasteiger partial charge on any atom is -0.481 e. The van der Waals surface area contributed by atoms with Crippen molar-refractivity contribution in [3.63, 3.8) is 0 Å². The van der Waals surface area contributed by atoms with Crippen LogP contribution in [0.3, 0.4) is 0 Å². The Morgan fingerprint density at radius 2 is 1.94 bits per heavy atom. The average Bonchev–Trinajstić information content (AvgIpc) is 2.60. The van der Waals surface area contributed by atoms with E-state index in [1.807, 2.05) is 20.8 Å². The van der Waals surface area contributed by atoms with Gasteiger partial charge in [-0.3, -0.25) is 9.59 Å². The van der Waals surface area contributed by atoms with Crippen molar-refractivity contribution in [2.75, 3.05) is 0 Å². The lowest BCUT2D eigenvalue weighted by atomic mass is 9.84. The third-order valence-corrected chi connectivity index (χ3v) is 4.18. The highest BCUT2D eigenvalue weighted by molar-refractivity contribution is 5.81. The molecular formula is C13H23NO3. The average molecular weight is 241 g/mol. The normalized spacial score (nSPS) is 30.3. The number of aliphatic carboxylic acids is 1. The van der Waals surface area contributed by atoms with Crippen LogP contribution in [0.1, 0.15) is 47.0 Å². The van der Waals surface area contributed by atoms with Crippen molar-refractivity contribution in [3.05, 3.63) is 0 Å². The molecule has 1 aliphatic rings. The minimum absolute atomic E-state index is 0.0284. The molecule has 2 N–H and O–H groups in total. The number of nitrogens with one attached hydrogen (secondary N) is 1. The Bertz CT molecular complexity index is 314. The van der Waals surface area contributed by atoms with E-state index in [-0.39, 0.29) is 23.8 Å². The van der Waals surface area contributed by atoms with Crippen LogP contribution in [0.15, 0.2) is 0 Å². The van der Waals surface area contributed by atoms with E-state index in [9.17, 15) is 14.7 Å². The Hall–Kier alpha value is -1.06. The lowest BCUT2D eigenvalue weighted by Gasteiger charge is -2.29. The first kappa shape index (κ1) is 14.0. The molecule has 0 aromatic carbocycles. The van der Waals surface area contributed by atoms with Gasteiger partial charge in [0.05, 0.1) is 5.41 Å². The summed E-state index contributed by atoms with van der Waals surface area (Å²) in [5.74, 6) is -0.641. The zero-order valence-corrected chi connectivity index (χ0v) is 11.1. The third kappa shape index (κ3) is 2.79. The van der Waals surface area contributed by atoms with Gasteiger partial charge in [-0.05, 0) is 25.7 Å². The quantitative estimate of drug-likeness (QED) is 0.791. The largest absolute Gasteiger partial charge is 0.481 e. The van der Waals surface area contributed by atoms with Gasteiger partial charge in [0.15, 0.2) is 0 Å². The van der Waals surface area contributed by atoms with Crippen LogP contribution in [0, 0.1) is 17.3 Å². The molecule has 4 heteroatoms. The molecule has 3 unspecified atom stereocenters. The number of hydrogen-bond donors (Lipinski definition) is 2. The molecule has 0 radical (unpaired) electrons. The maximum absolute atomic E-state index is 11.9. The second-order valence-electron chi connectivity index (χ2n) is 5.71. The number of carboxylic acids is 1. The van der Waals surface area contributed by atoms with Gasteiger partial charge < -0.3 is 10.4 Å². The van der Waals surface area contributed by atoms with Gasteiger partial charge in [0.25, 0.3) is 0 Å². The molecule has 1 rings (SSSR count). The SMILES string of the molecule is CC(C)C(C)C(=O)NC1CCCC1(C)C(=O)O. The summed E-state index contributed by atoms with van der Waals surface area (Å²) < 4.78 is 0. The fourth-order valence-electron chi connectivity index (χ4n) is 2.26. The van der Waals surface area contributed by atoms with Crippen molar-refractivity contribution < 1.29 is 14.7 Å². The van der Waals surface area contributed by atoms with Crippen LogP contribution in [0.2, 0.25) is 0 Å². The van der Waals surface area contributed by atoms with Gasteiger partial charge in [0, 0.05) is 12.0 Å². The molecular weight excluding hydrogens is 218 g/mol.